The first-order chi connectivity index (χ1) is 9.08. The number of nitrogens with zero attached hydrogens (tertiary/aromatic N) is 2. The first-order valence-electron chi connectivity index (χ1n) is 7.26. The van der Waals surface area contributed by atoms with Gasteiger partial charge in [-0.1, -0.05) is 23.8 Å². The average molecular weight is 259 g/mol. The lowest BCUT2D eigenvalue weighted by molar-refractivity contribution is -0.933. The quantitative estimate of drug-likeness (QED) is 0.607. The molecule has 2 bridgehead atoms. The van der Waals surface area contributed by atoms with Gasteiger partial charge in [0, 0.05) is 25.2 Å². The summed E-state index contributed by atoms with van der Waals surface area (Å²) in [5, 5.41) is 0. The summed E-state index contributed by atoms with van der Waals surface area (Å²) in [7, 11) is 0. The van der Waals surface area contributed by atoms with E-state index in [1.807, 2.05) is 19.1 Å². The largest absolute Gasteiger partial charge is 0.314 e. The van der Waals surface area contributed by atoms with E-state index in [1.54, 1.807) is 0 Å². The van der Waals surface area contributed by atoms with Crippen LogP contribution in [-0.4, -0.2) is 61.0 Å². The average Bonchev–Trinajstić information content (AvgIpc) is 2.40. The van der Waals surface area contributed by atoms with E-state index in [0.29, 0.717) is 12.3 Å². The molecule has 19 heavy (non-hydrogen) atoms. The predicted octanol–water partition coefficient (Wildman–Crippen LogP) is 1.63. The molecule has 0 unspecified atom stereocenters. The number of piperazine rings is 3. The van der Waals surface area contributed by atoms with E-state index in [1.165, 1.54) is 25.2 Å². The number of benzene rings is 1. The molecule has 3 heteroatoms. The lowest BCUT2D eigenvalue weighted by atomic mass is 10.0. The number of hydrogen-bond acceptors (Lipinski definition) is 2. The van der Waals surface area contributed by atoms with Crippen LogP contribution in [0.4, 0.5) is 0 Å². The van der Waals surface area contributed by atoms with Gasteiger partial charge in [-0.2, -0.15) is 0 Å². The third-order valence-electron chi connectivity index (χ3n) is 4.83. The minimum atomic E-state index is 0.327. The van der Waals surface area contributed by atoms with E-state index in [9.17, 15) is 4.79 Å². The molecule has 4 rings (SSSR count). The number of ketones is 1. The molecule has 1 aromatic rings. The highest BCUT2D eigenvalue weighted by Crippen LogP contribution is 2.21. The molecule has 0 N–H and O–H groups in total. The number of carbonyl (C=O) groups is 1. The van der Waals surface area contributed by atoms with Crippen molar-refractivity contribution in [1.29, 1.82) is 0 Å². The Morgan fingerprint density at radius 1 is 1.16 bits per heavy atom. The van der Waals surface area contributed by atoms with E-state index in [4.69, 9.17) is 0 Å². The van der Waals surface area contributed by atoms with Crippen LogP contribution in [0.25, 0.3) is 0 Å². The van der Waals surface area contributed by atoms with Gasteiger partial charge in [0.05, 0.1) is 19.6 Å². The van der Waals surface area contributed by atoms with Gasteiger partial charge in [0.1, 0.15) is 6.54 Å². The van der Waals surface area contributed by atoms with Crippen LogP contribution >= 0.6 is 0 Å². The third kappa shape index (κ3) is 2.45. The monoisotopic (exact) mass is 259 g/mol. The van der Waals surface area contributed by atoms with E-state index in [0.717, 1.165) is 35.2 Å². The van der Waals surface area contributed by atoms with Crippen LogP contribution < -0.4 is 0 Å². The van der Waals surface area contributed by atoms with Crippen LogP contribution in [0.3, 0.4) is 0 Å². The fraction of sp³-hybridized carbons (Fsp3) is 0.562. The Morgan fingerprint density at radius 2 is 1.79 bits per heavy atom. The van der Waals surface area contributed by atoms with Gasteiger partial charge < -0.3 is 4.48 Å². The molecule has 0 saturated carbocycles. The van der Waals surface area contributed by atoms with Gasteiger partial charge in [0.25, 0.3) is 0 Å². The molecule has 3 fully saturated rings. The summed E-state index contributed by atoms with van der Waals surface area (Å²) in [6, 6.07) is 6.17. The second kappa shape index (κ2) is 4.73. The number of carbonyl (C=O) groups excluding carboxylic acids is 1. The van der Waals surface area contributed by atoms with E-state index < -0.39 is 0 Å². The van der Waals surface area contributed by atoms with Crippen molar-refractivity contribution in [2.45, 2.75) is 13.8 Å². The minimum Gasteiger partial charge on any atom is -0.314 e. The van der Waals surface area contributed by atoms with Crippen molar-refractivity contribution in [1.82, 2.24) is 4.90 Å². The van der Waals surface area contributed by atoms with E-state index in [-0.39, 0.29) is 0 Å². The molecule has 3 saturated heterocycles. The summed E-state index contributed by atoms with van der Waals surface area (Å²) in [5.74, 6) is 0.327. The van der Waals surface area contributed by atoms with Crippen LogP contribution in [-0.2, 0) is 0 Å². The highest BCUT2D eigenvalue weighted by atomic mass is 16.1. The smallest absolute Gasteiger partial charge is 0.217 e. The van der Waals surface area contributed by atoms with Crippen molar-refractivity contribution in [3.05, 3.63) is 34.9 Å². The lowest BCUT2D eigenvalue weighted by Crippen LogP contribution is -2.68. The topological polar surface area (TPSA) is 20.3 Å². The molecule has 102 valence electrons. The van der Waals surface area contributed by atoms with Gasteiger partial charge in [-0.05, 0) is 19.4 Å². The summed E-state index contributed by atoms with van der Waals surface area (Å²) < 4.78 is 1.02. The normalized spacial score (nSPS) is 29.5. The molecule has 1 aromatic carbocycles. The summed E-state index contributed by atoms with van der Waals surface area (Å²) in [6.45, 7) is 11.8. The molecule has 3 nitrogen and oxygen atoms in total. The van der Waals surface area contributed by atoms with Gasteiger partial charge in [0.2, 0.25) is 5.78 Å². The highest BCUT2D eigenvalue weighted by molar-refractivity contribution is 5.98. The summed E-state index contributed by atoms with van der Waals surface area (Å²) in [5.41, 5.74) is 3.28. The van der Waals surface area contributed by atoms with Crippen LogP contribution in [0.2, 0.25) is 0 Å². The van der Waals surface area contributed by atoms with Crippen molar-refractivity contribution >= 4 is 5.78 Å². The van der Waals surface area contributed by atoms with Gasteiger partial charge in [-0.15, -0.1) is 0 Å². The van der Waals surface area contributed by atoms with E-state index in [2.05, 4.69) is 17.9 Å². The van der Waals surface area contributed by atoms with Crippen molar-refractivity contribution in [3.63, 3.8) is 0 Å². The van der Waals surface area contributed by atoms with Crippen molar-refractivity contribution in [2.75, 3.05) is 45.8 Å². The molecule has 0 spiro atoms. The van der Waals surface area contributed by atoms with Crippen molar-refractivity contribution in [2.24, 2.45) is 0 Å². The first-order valence-corrected chi connectivity index (χ1v) is 7.26. The Hall–Kier alpha value is -1.19. The third-order valence-corrected chi connectivity index (χ3v) is 4.83. The van der Waals surface area contributed by atoms with Crippen LogP contribution in [0.5, 0.6) is 0 Å². The van der Waals surface area contributed by atoms with Gasteiger partial charge in [-0.25, -0.2) is 0 Å². The second-order valence-electron chi connectivity index (χ2n) is 6.25. The Balaban J connectivity index is 1.77. The van der Waals surface area contributed by atoms with Gasteiger partial charge in [0.15, 0.2) is 0 Å². The summed E-state index contributed by atoms with van der Waals surface area (Å²) >= 11 is 0. The zero-order chi connectivity index (χ0) is 13.5. The number of fused-ring (bicyclic) bond motifs is 3. The minimum absolute atomic E-state index is 0.327. The highest BCUT2D eigenvalue weighted by Gasteiger charge is 2.39. The van der Waals surface area contributed by atoms with E-state index >= 15 is 0 Å². The van der Waals surface area contributed by atoms with Crippen LogP contribution in [0.15, 0.2) is 18.2 Å². The fourth-order valence-corrected chi connectivity index (χ4v) is 3.48. The molecule has 0 amide bonds. The summed E-state index contributed by atoms with van der Waals surface area (Å²) in [4.78, 5) is 15.1. The predicted molar refractivity (Wildman–Crippen MR) is 76.4 cm³/mol. The SMILES string of the molecule is Cc1ccc(C(=O)C[N+]23CCN(CC2)CC3)c(C)c1. The molecule has 3 aliphatic heterocycles. The number of rotatable bonds is 3. The molecule has 0 atom stereocenters. The summed E-state index contributed by atoms with van der Waals surface area (Å²) in [6.07, 6.45) is 0. The second-order valence-corrected chi connectivity index (χ2v) is 6.25. The van der Waals surface area contributed by atoms with Crippen LogP contribution in [0.1, 0.15) is 21.5 Å². The maximum atomic E-state index is 12.6. The van der Waals surface area contributed by atoms with Crippen molar-refractivity contribution < 1.29 is 9.28 Å². The Bertz CT molecular complexity index is 488. The van der Waals surface area contributed by atoms with Gasteiger partial charge >= 0.3 is 0 Å². The molecular formula is C16H23N2O+. The molecule has 3 heterocycles. The fourth-order valence-electron chi connectivity index (χ4n) is 3.48. The van der Waals surface area contributed by atoms with Gasteiger partial charge in [-0.3, -0.25) is 9.69 Å². The number of aryl methyl sites for hydroxylation is 2. The Morgan fingerprint density at radius 3 is 2.37 bits per heavy atom. The first kappa shape index (κ1) is 12.8. The Kier molecular flexibility index (Phi) is 3.19. The zero-order valence-electron chi connectivity index (χ0n) is 12.0. The zero-order valence-corrected chi connectivity index (χ0v) is 12.0. The maximum Gasteiger partial charge on any atom is 0.217 e. The molecule has 3 aliphatic rings. The molecule has 0 radical (unpaired) electrons. The molecule has 0 aromatic heterocycles. The molecule has 0 aliphatic carbocycles. The molecular weight excluding hydrogens is 236 g/mol. The van der Waals surface area contributed by atoms with Crippen LogP contribution in [0, 0.1) is 13.8 Å². The Labute approximate surface area is 115 Å². The van der Waals surface area contributed by atoms with Crippen molar-refractivity contribution in [3.8, 4) is 0 Å². The number of quaternary nitrogens is 1. The maximum absolute atomic E-state index is 12.6. The standard InChI is InChI=1S/C16H23N2O/c1-13-3-4-15(14(2)11-13)16(19)12-18-8-5-17(6-9-18)7-10-18/h3-4,11H,5-10,12H2,1-2H3/q+1. The lowest BCUT2D eigenvalue weighted by Gasteiger charge is -2.50. The number of Topliss-reactive ketones (excluding diaryl/α,β-unsaturated/α-hetero) is 1. The number of hydrogen-bond donors (Lipinski definition) is 0.